The number of nitrogens with zero attached hydrogens (tertiary/aromatic N) is 2. The van der Waals surface area contributed by atoms with E-state index in [9.17, 15) is 9.59 Å². The molecule has 6 heteroatoms. The zero-order valence-corrected chi connectivity index (χ0v) is 15.2. The molecule has 126 valence electrons. The number of likely N-dealkylation sites (N-methyl/N-ethyl adjacent to an activating group) is 1. The molecule has 1 fully saturated rings. The van der Waals surface area contributed by atoms with Crippen LogP contribution in [0.3, 0.4) is 0 Å². The molecule has 1 N–H and O–H groups in total. The lowest BCUT2D eigenvalue weighted by molar-refractivity contribution is -0.138. The molecular formula is C17H23BrN2O3. The SMILES string of the molecule is Cc1ccc(Br)cc1C(=O)N1CCCC(N(C)CC(=O)O)CC1. The van der Waals surface area contributed by atoms with Crippen LogP contribution in [0, 0.1) is 6.92 Å². The van der Waals surface area contributed by atoms with E-state index in [0.717, 1.165) is 41.4 Å². The number of amides is 1. The fraction of sp³-hybridized carbons (Fsp3) is 0.529. The third-order valence-electron chi connectivity index (χ3n) is 4.42. The molecule has 1 unspecified atom stereocenters. The molecule has 1 aliphatic heterocycles. The van der Waals surface area contributed by atoms with Gasteiger partial charge in [-0.3, -0.25) is 14.5 Å². The van der Waals surface area contributed by atoms with Crippen molar-refractivity contribution in [3.8, 4) is 0 Å². The van der Waals surface area contributed by atoms with Gasteiger partial charge in [0.1, 0.15) is 0 Å². The second kappa shape index (κ2) is 7.93. The molecular weight excluding hydrogens is 360 g/mol. The molecule has 2 rings (SSSR count). The van der Waals surface area contributed by atoms with Gasteiger partial charge in [-0.1, -0.05) is 22.0 Å². The molecule has 1 aliphatic rings. The zero-order valence-electron chi connectivity index (χ0n) is 13.6. The second-order valence-electron chi connectivity index (χ2n) is 6.15. The fourth-order valence-electron chi connectivity index (χ4n) is 3.06. The van der Waals surface area contributed by atoms with Crippen LogP contribution in [-0.4, -0.2) is 59.5 Å². The standard InChI is InChI=1S/C17H23BrN2O3/c1-12-5-6-13(18)10-15(12)17(23)20-8-3-4-14(7-9-20)19(2)11-16(21)22/h5-6,10,14H,3-4,7-9,11H2,1-2H3,(H,21,22). The largest absolute Gasteiger partial charge is 0.480 e. The molecule has 1 aromatic rings. The summed E-state index contributed by atoms with van der Waals surface area (Å²) < 4.78 is 0.903. The molecule has 0 saturated carbocycles. The van der Waals surface area contributed by atoms with Crippen LogP contribution >= 0.6 is 15.9 Å². The Morgan fingerprint density at radius 3 is 2.78 bits per heavy atom. The van der Waals surface area contributed by atoms with Crippen LogP contribution in [0.25, 0.3) is 0 Å². The van der Waals surface area contributed by atoms with Crippen LogP contribution in [0.5, 0.6) is 0 Å². The Hall–Kier alpha value is -1.40. The fourth-order valence-corrected chi connectivity index (χ4v) is 3.42. The van der Waals surface area contributed by atoms with Crippen LogP contribution in [0.1, 0.15) is 35.2 Å². The van der Waals surface area contributed by atoms with E-state index in [1.54, 1.807) is 0 Å². The lowest BCUT2D eigenvalue weighted by Crippen LogP contribution is -2.37. The maximum absolute atomic E-state index is 12.8. The van der Waals surface area contributed by atoms with Crippen molar-refractivity contribution in [3.63, 3.8) is 0 Å². The van der Waals surface area contributed by atoms with Crippen molar-refractivity contribution in [1.82, 2.24) is 9.80 Å². The van der Waals surface area contributed by atoms with Crippen LogP contribution in [-0.2, 0) is 4.79 Å². The molecule has 0 bridgehead atoms. The Labute approximate surface area is 145 Å². The third kappa shape index (κ3) is 4.78. The minimum Gasteiger partial charge on any atom is -0.480 e. The molecule has 1 atom stereocenters. The van der Waals surface area contributed by atoms with Crippen molar-refractivity contribution >= 4 is 27.8 Å². The number of rotatable bonds is 4. The number of hydrogen-bond donors (Lipinski definition) is 1. The summed E-state index contributed by atoms with van der Waals surface area (Å²) in [6.45, 7) is 3.38. The van der Waals surface area contributed by atoms with Gasteiger partial charge in [-0.05, 0) is 50.9 Å². The van der Waals surface area contributed by atoms with Gasteiger partial charge >= 0.3 is 5.97 Å². The molecule has 23 heavy (non-hydrogen) atoms. The van der Waals surface area contributed by atoms with Crippen molar-refractivity contribution < 1.29 is 14.7 Å². The molecule has 0 radical (unpaired) electrons. The number of aryl methyl sites for hydroxylation is 1. The summed E-state index contributed by atoms with van der Waals surface area (Å²) in [4.78, 5) is 27.4. The van der Waals surface area contributed by atoms with E-state index in [0.29, 0.717) is 6.54 Å². The maximum Gasteiger partial charge on any atom is 0.317 e. The van der Waals surface area contributed by atoms with Crippen molar-refractivity contribution in [3.05, 3.63) is 33.8 Å². The van der Waals surface area contributed by atoms with Crippen molar-refractivity contribution in [1.29, 1.82) is 0 Å². The number of carboxylic acids is 1. The Kier molecular flexibility index (Phi) is 6.18. The number of carbonyl (C=O) groups excluding carboxylic acids is 1. The third-order valence-corrected chi connectivity index (χ3v) is 4.92. The molecule has 1 amide bonds. The van der Waals surface area contributed by atoms with Crippen LogP contribution in [0.4, 0.5) is 0 Å². The minimum atomic E-state index is -0.811. The summed E-state index contributed by atoms with van der Waals surface area (Å²) in [5.74, 6) is -0.750. The van der Waals surface area contributed by atoms with Gasteiger partial charge < -0.3 is 10.0 Å². The smallest absolute Gasteiger partial charge is 0.317 e. The molecule has 5 nitrogen and oxygen atoms in total. The van der Waals surface area contributed by atoms with E-state index in [-0.39, 0.29) is 18.5 Å². The summed E-state index contributed by atoms with van der Waals surface area (Å²) in [5, 5.41) is 8.92. The van der Waals surface area contributed by atoms with Gasteiger partial charge in [-0.15, -0.1) is 0 Å². The van der Waals surface area contributed by atoms with E-state index in [2.05, 4.69) is 15.9 Å². The first-order valence-corrected chi connectivity index (χ1v) is 8.65. The Balaban J connectivity index is 2.04. The van der Waals surface area contributed by atoms with E-state index in [1.165, 1.54) is 0 Å². The lowest BCUT2D eigenvalue weighted by atomic mass is 10.1. The number of aliphatic carboxylic acids is 1. The monoisotopic (exact) mass is 382 g/mol. The highest BCUT2D eigenvalue weighted by Crippen LogP contribution is 2.21. The number of carbonyl (C=O) groups is 2. The average Bonchev–Trinajstić information content (AvgIpc) is 2.74. The molecule has 0 aliphatic carbocycles. The highest BCUT2D eigenvalue weighted by molar-refractivity contribution is 9.10. The molecule has 1 aromatic carbocycles. The number of hydrogen-bond acceptors (Lipinski definition) is 3. The summed E-state index contributed by atoms with van der Waals surface area (Å²) >= 11 is 3.42. The van der Waals surface area contributed by atoms with E-state index >= 15 is 0 Å². The first-order valence-electron chi connectivity index (χ1n) is 7.86. The Morgan fingerprint density at radius 2 is 2.09 bits per heavy atom. The Bertz CT molecular complexity index is 591. The minimum absolute atomic E-state index is 0.0450. The van der Waals surface area contributed by atoms with Crippen molar-refractivity contribution in [2.45, 2.75) is 32.2 Å². The number of benzene rings is 1. The highest BCUT2D eigenvalue weighted by atomic mass is 79.9. The van der Waals surface area contributed by atoms with Crippen LogP contribution in [0.15, 0.2) is 22.7 Å². The summed E-state index contributed by atoms with van der Waals surface area (Å²) in [6.07, 6.45) is 2.63. The molecule has 0 aromatic heterocycles. The molecule has 1 heterocycles. The number of carboxylic acid groups (broad SMARTS) is 1. The highest BCUT2D eigenvalue weighted by Gasteiger charge is 2.25. The first-order chi connectivity index (χ1) is 10.9. The van der Waals surface area contributed by atoms with Gasteiger partial charge in [0.2, 0.25) is 0 Å². The summed E-state index contributed by atoms with van der Waals surface area (Å²) in [6, 6.07) is 5.97. The normalized spacial score (nSPS) is 18.8. The summed E-state index contributed by atoms with van der Waals surface area (Å²) in [7, 11) is 1.84. The van der Waals surface area contributed by atoms with E-state index in [4.69, 9.17) is 5.11 Å². The van der Waals surface area contributed by atoms with Gasteiger partial charge in [-0.25, -0.2) is 0 Å². The molecule has 1 saturated heterocycles. The van der Waals surface area contributed by atoms with Crippen molar-refractivity contribution in [2.24, 2.45) is 0 Å². The van der Waals surface area contributed by atoms with Crippen LogP contribution < -0.4 is 0 Å². The van der Waals surface area contributed by atoms with Crippen molar-refractivity contribution in [2.75, 3.05) is 26.7 Å². The van der Waals surface area contributed by atoms with Gasteiger partial charge in [0.05, 0.1) is 6.54 Å². The molecule has 0 spiro atoms. The second-order valence-corrected chi connectivity index (χ2v) is 7.06. The quantitative estimate of drug-likeness (QED) is 0.869. The van der Waals surface area contributed by atoms with E-state index < -0.39 is 5.97 Å². The van der Waals surface area contributed by atoms with Gasteiger partial charge in [0.25, 0.3) is 5.91 Å². The first kappa shape index (κ1) is 17.9. The lowest BCUT2D eigenvalue weighted by Gasteiger charge is -2.26. The number of halogens is 1. The van der Waals surface area contributed by atoms with Gasteiger partial charge in [0, 0.05) is 29.2 Å². The predicted molar refractivity (Wildman–Crippen MR) is 92.7 cm³/mol. The van der Waals surface area contributed by atoms with Gasteiger partial charge in [0.15, 0.2) is 0 Å². The zero-order chi connectivity index (χ0) is 17.0. The maximum atomic E-state index is 12.8. The van der Waals surface area contributed by atoms with Crippen LogP contribution in [0.2, 0.25) is 0 Å². The Morgan fingerprint density at radius 1 is 1.35 bits per heavy atom. The predicted octanol–water partition coefficient (Wildman–Crippen LogP) is 2.77. The van der Waals surface area contributed by atoms with E-state index in [1.807, 2.05) is 42.0 Å². The van der Waals surface area contributed by atoms with Gasteiger partial charge in [-0.2, -0.15) is 0 Å². The topological polar surface area (TPSA) is 60.9 Å². The average molecular weight is 383 g/mol. The number of likely N-dealkylation sites (tertiary alicyclic amines) is 1. The summed E-state index contributed by atoms with van der Waals surface area (Å²) in [5.41, 5.74) is 1.71.